The van der Waals surface area contributed by atoms with Gasteiger partial charge in [-0.2, -0.15) is 0 Å². The summed E-state index contributed by atoms with van der Waals surface area (Å²) in [7, 11) is 0. The Morgan fingerprint density at radius 1 is 1.03 bits per heavy atom. The van der Waals surface area contributed by atoms with Crippen molar-refractivity contribution in [1.29, 1.82) is 0 Å². The summed E-state index contributed by atoms with van der Waals surface area (Å²) in [6.07, 6.45) is 2.77. The molecule has 0 aliphatic carbocycles. The number of carbonyl (C=O) groups is 1. The lowest BCUT2D eigenvalue weighted by atomic mass is 10.1. The van der Waals surface area contributed by atoms with Gasteiger partial charge in [-0.15, -0.1) is 24.0 Å². The molecule has 1 aliphatic rings. The summed E-state index contributed by atoms with van der Waals surface area (Å²) in [5.41, 5.74) is 1.82. The van der Waals surface area contributed by atoms with Crippen molar-refractivity contribution in [3.05, 3.63) is 54.1 Å². The first-order chi connectivity index (χ1) is 15.4. The highest BCUT2D eigenvalue weighted by molar-refractivity contribution is 14.0. The number of nitrogens with zero attached hydrogens (tertiary/aromatic N) is 1. The van der Waals surface area contributed by atoms with Crippen molar-refractivity contribution in [1.82, 2.24) is 10.6 Å². The van der Waals surface area contributed by atoms with Crippen molar-refractivity contribution in [2.24, 2.45) is 4.99 Å². The van der Waals surface area contributed by atoms with Crippen LogP contribution in [-0.2, 0) is 11.2 Å². The molecule has 3 N–H and O–H groups in total. The Bertz CT molecular complexity index is 914. The summed E-state index contributed by atoms with van der Waals surface area (Å²) in [6, 6.07) is 16.1. The molecule has 1 heterocycles. The molecule has 0 bridgehead atoms. The van der Waals surface area contributed by atoms with Gasteiger partial charge in [0.05, 0.1) is 13.2 Å². The number of aliphatic imine (C=N–C) groups is 1. The van der Waals surface area contributed by atoms with E-state index < -0.39 is 0 Å². The molecule has 8 heteroatoms. The topological polar surface area (TPSA) is 84.0 Å². The Hall–Kier alpha value is -2.49. The zero-order chi connectivity index (χ0) is 22.8. The minimum atomic E-state index is -0.294. The van der Waals surface area contributed by atoms with Crippen LogP contribution < -0.4 is 25.4 Å². The molecule has 0 saturated carbocycles. The highest BCUT2D eigenvalue weighted by Crippen LogP contribution is 2.32. The first-order valence-electron chi connectivity index (χ1n) is 11.2. The van der Waals surface area contributed by atoms with E-state index in [4.69, 9.17) is 9.47 Å². The van der Waals surface area contributed by atoms with Crippen molar-refractivity contribution in [3.63, 3.8) is 0 Å². The Morgan fingerprint density at radius 2 is 1.76 bits per heavy atom. The number of rotatable bonds is 7. The van der Waals surface area contributed by atoms with Crippen LogP contribution in [-0.4, -0.2) is 43.7 Å². The molecule has 3 rings (SSSR count). The van der Waals surface area contributed by atoms with E-state index in [2.05, 4.69) is 45.2 Å². The third kappa shape index (κ3) is 9.89. The highest BCUT2D eigenvalue weighted by Gasteiger charge is 2.14. The van der Waals surface area contributed by atoms with Crippen LogP contribution in [0, 0.1) is 0 Å². The van der Waals surface area contributed by atoms with Gasteiger partial charge in [-0.1, -0.05) is 30.3 Å². The van der Waals surface area contributed by atoms with E-state index in [0.29, 0.717) is 24.9 Å². The number of halogens is 1. The average Bonchev–Trinajstić information content (AvgIpc) is 2.99. The maximum atomic E-state index is 12.3. The van der Waals surface area contributed by atoms with E-state index in [-0.39, 0.29) is 42.0 Å². The fraction of sp³-hybridized carbons (Fsp3) is 0.440. The van der Waals surface area contributed by atoms with Gasteiger partial charge in [-0.25, -0.2) is 4.99 Å². The van der Waals surface area contributed by atoms with Gasteiger partial charge < -0.3 is 25.4 Å². The fourth-order valence-corrected chi connectivity index (χ4v) is 3.27. The minimum Gasteiger partial charge on any atom is -0.490 e. The second-order valence-corrected chi connectivity index (χ2v) is 8.82. The third-order valence-corrected chi connectivity index (χ3v) is 4.68. The number of amides is 1. The molecule has 2 aromatic carbocycles. The Morgan fingerprint density at radius 3 is 2.48 bits per heavy atom. The third-order valence-electron chi connectivity index (χ3n) is 4.68. The standard InChI is InChI=1S/C25H34N4O3.HI/c1-25(2,3)29-23(30)18-27-24(26-14-7-11-19-9-5-4-6-10-19)28-20-12-13-21-22(17-20)32-16-8-15-31-21;/h4-6,9-10,12-13,17H,7-8,11,14-16,18H2,1-3H3,(H,29,30)(H2,26,27,28);1H. The second-order valence-electron chi connectivity index (χ2n) is 8.82. The van der Waals surface area contributed by atoms with Crippen molar-refractivity contribution in [2.45, 2.75) is 45.6 Å². The van der Waals surface area contributed by atoms with Gasteiger partial charge in [-0.05, 0) is 51.3 Å². The predicted octanol–water partition coefficient (Wildman–Crippen LogP) is 4.37. The molecular formula is C25H35IN4O3. The predicted molar refractivity (Wildman–Crippen MR) is 144 cm³/mol. The van der Waals surface area contributed by atoms with E-state index >= 15 is 0 Å². The summed E-state index contributed by atoms with van der Waals surface area (Å²) in [5.74, 6) is 1.88. The second kappa shape index (κ2) is 13.3. The summed E-state index contributed by atoms with van der Waals surface area (Å²) in [4.78, 5) is 16.7. The maximum Gasteiger partial charge on any atom is 0.242 e. The van der Waals surface area contributed by atoms with Gasteiger partial charge >= 0.3 is 0 Å². The number of aryl methyl sites for hydroxylation is 1. The van der Waals surface area contributed by atoms with Crippen LogP contribution >= 0.6 is 24.0 Å². The lowest BCUT2D eigenvalue weighted by Gasteiger charge is -2.20. The molecule has 0 saturated heterocycles. The van der Waals surface area contributed by atoms with Gasteiger partial charge in [0.1, 0.15) is 6.54 Å². The van der Waals surface area contributed by atoms with Gasteiger partial charge in [0.15, 0.2) is 17.5 Å². The van der Waals surface area contributed by atoms with Crippen LogP contribution in [0.5, 0.6) is 11.5 Å². The van der Waals surface area contributed by atoms with Crippen LogP contribution in [0.2, 0.25) is 0 Å². The molecule has 33 heavy (non-hydrogen) atoms. The normalized spacial score (nSPS) is 13.4. The molecule has 1 aliphatic heterocycles. The zero-order valence-corrected chi connectivity index (χ0v) is 22.0. The largest absolute Gasteiger partial charge is 0.490 e. The number of anilines is 1. The number of fused-ring (bicyclic) bond motifs is 1. The van der Waals surface area contributed by atoms with Gasteiger partial charge in [0.25, 0.3) is 0 Å². The first kappa shape index (κ1) is 26.8. The molecule has 0 radical (unpaired) electrons. The Balaban J connectivity index is 0.00000385. The molecule has 7 nitrogen and oxygen atoms in total. The summed E-state index contributed by atoms with van der Waals surface area (Å²) in [6.45, 7) is 7.90. The molecule has 2 aromatic rings. The smallest absolute Gasteiger partial charge is 0.242 e. The van der Waals surface area contributed by atoms with Crippen LogP contribution in [0.3, 0.4) is 0 Å². The van der Waals surface area contributed by atoms with E-state index in [1.54, 1.807) is 0 Å². The summed E-state index contributed by atoms with van der Waals surface area (Å²) >= 11 is 0. The number of hydrogen-bond donors (Lipinski definition) is 3. The van der Waals surface area contributed by atoms with E-state index in [1.165, 1.54) is 5.56 Å². The highest BCUT2D eigenvalue weighted by atomic mass is 127. The molecule has 0 fully saturated rings. The molecule has 1 amide bonds. The molecule has 180 valence electrons. The summed E-state index contributed by atoms with van der Waals surface area (Å²) in [5, 5.41) is 9.56. The average molecular weight is 566 g/mol. The SMILES string of the molecule is CC(C)(C)NC(=O)CN=C(NCCCc1ccccc1)Nc1ccc2c(c1)OCCCO2.I. The Labute approximate surface area is 213 Å². The maximum absolute atomic E-state index is 12.3. The van der Waals surface area contributed by atoms with Crippen molar-refractivity contribution in [3.8, 4) is 11.5 Å². The number of guanidine groups is 1. The van der Waals surface area contributed by atoms with Gasteiger partial charge in [0, 0.05) is 30.3 Å². The molecular weight excluding hydrogens is 531 g/mol. The van der Waals surface area contributed by atoms with E-state index in [9.17, 15) is 4.79 Å². The van der Waals surface area contributed by atoms with E-state index in [1.807, 2.05) is 45.0 Å². The van der Waals surface area contributed by atoms with Crippen molar-refractivity contribution in [2.75, 3.05) is 31.6 Å². The number of ether oxygens (including phenoxy) is 2. The molecule has 0 atom stereocenters. The molecule has 0 unspecified atom stereocenters. The van der Waals surface area contributed by atoms with Gasteiger partial charge in [-0.3, -0.25) is 4.79 Å². The Kier molecular flexibility index (Phi) is 10.8. The van der Waals surface area contributed by atoms with Crippen LogP contribution in [0.25, 0.3) is 0 Å². The molecule has 0 spiro atoms. The lowest BCUT2D eigenvalue weighted by Crippen LogP contribution is -2.42. The lowest BCUT2D eigenvalue weighted by molar-refractivity contribution is -0.121. The number of hydrogen-bond acceptors (Lipinski definition) is 4. The quantitative estimate of drug-likeness (QED) is 0.201. The van der Waals surface area contributed by atoms with Crippen LogP contribution in [0.4, 0.5) is 5.69 Å². The van der Waals surface area contributed by atoms with Crippen molar-refractivity contribution >= 4 is 41.5 Å². The molecule has 0 aromatic heterocycles. The van der Waals surface area contributed by atoms with E-state index in [0.717, 1.165) is 37.2 Å². The zero-order valence-electron chi connectivity index (χ0n) is 19.6. The van der Waals surface area contributed by atoms with Gasteiger partial charge in [0.2, 0.25) is 5.91 Å². The first-order valence-corrected chi connectivity index (χ1v) is 11.2. The summed E-state index contributed by atoms with van der Waals surface area (Å²) < 4.78 is 11.5. The number of carbonyl (C=O) groups excluding carboxylic acids is 1. The van der Waals surface area contributed by atoms with Crippen LogP contribution in [0.1, 0.15) is 39.2 Å². The number of nitrogens with one attached hydrogen (secondary N) is 3. The fourth-order valence-electron chi connectivity index (χ4n) is 3.27. The monoisotopic (exact) mass is 566 g/mol. The van der Waals surface area contributed by atoms with Crippen LogP contribution in [0.15, 0.2) is 53.5 Å². The van der Waals surface area contributed by atoms with Crippen molar-refractivity contribution < 1.29 is 14.3 Å². The number of benzene rings is 2. The minimum absolute atomic E-state index is 0.